The molecule has 2 unspecified atom stereocenters. The van der Waals surface area contributed by atoms with Gasteiger partial charge >= 0.3 is 12.0 Å². The number of hydrogen-bond acceptors (Lipinski definition) is 6. The third-order valence-corrected chi connectivity index (χ3v) is 9.86. The second-order valence-corrected chi connectivity index (χ2v) is 11.5. The first-order valence-electron chi connectivity index (χ1n) is 12.9. The number of carbonyl (C=O) groups excluding carboxylic acids is 4. The zero-order chi connectivity index (χ0) is 25.9. The molecule has 4 N–H and O–H groups in total. The van der Waals surface area contributed by atoms with E-state index in [9.17, 15) is 19.2 Å². The molecule has 3 saturated heterocycles. The Balaban J connectivity index is 1.13. The monoisotopic (exact) mass is 500 g/mol. The van der Waals surface area contributed by atoms with Crippen molar-refractivity contribution in [2.45, 2.75) is 64.9 Å². The van der Waals surface area contributed by atoms with E-state index in [1.165, 1.54) is 6.33 Å². The second kappa shape index (κ2) is 8.48. The number of H-pyrrole nitrogens is 1. The number of imidazole rings is 1. The first-order valence-corrected chi connectivity index (χ1v) is 12.9. The molecule has 1 aromatic rings. The van der Waals surface area contributed by atoms with Crippen molar-refractivity contribution in [3.8, 4) is 0 Å². The number of nitrogens with one attached hydrogen (secondary N) is 2. The van der Waals surface area contributed by atoms with E-state index < -0.39 is 22.3 Å². The van der Waals surface area contributed by atoms with Gasteiger partial charge in [0.1, 0.15) is 5.69 Å². The molecule has 196 valence electrons. The maximum atomic E-state index is 13.6. The fraction of sp³-hybridized carbons (Fsp3) is 0.720. The molecule has 36 heavy (non-hydrogen) atoms. The predicted octanol–water partition coefficient (Wildman–Crippen LogP) is 2.11. The van der Waals surface area contributed by atoms with E-state index in [-0.39, 0.29) is 29.4 Å². The molecule has 5 rings (SSSR count). The minimum Gasteiger partial charge on any atom is -0.448 e. The van der Waals surface area contributed by atoms with Gasteiger partial charge in [-0.15, -0.1) is 0 Å². The van der Waals surface area contributed by atoms with Crippen LogP contribution in [0, 0.1) is 22.7 Å². The van der Waals surface area contributed by atoms with Crippen LogP contribution in [0.5, 0.6) is 0 Å². The molecule has 1 aliphatic carbocycles. The van der Waals surface area contributed by atoms with Crippen LogP contribution in [0.2, 0.25) is 0 Å². The van der Waals surface area contributed by atoms with Crippen LogP contribution in [0.4, 0.5) is 10.6 Å². The van der Waals surface area contributed by atoms with Gasteiger partial charge in [-0.2, -0.15) is 0 Å². The van der Waals surface area contributed by atoms with Crippen LogP contribution in [0.25, 0.3) is 0 Å². The predicted molar refractivity (Wildman–Crippen MR) is 130 cm³/mol. The third-order valence-electron chi connectivity index (χ3n) is 9.86. The van der Waals surface area contributed by atoms with Gasteiger partial charge in [-0.3, -0.25) is 19.7 Å². The average molecular weight is 501 g/mol. The van der Waals surface area contributed by atoms with Crippen molar-refractivity contribution in [1.29, 1.82) is 0 Å². The molecule has 11 nitrogen and oxygen atoms in total. The lowest BCUT2D eigenvalue weighted by Crippen LogP contribution is -2.56. The summed E-state index contributed by atoms with van der Waals surface area (Å²) in [5, 5.41) is 2.67. The number of piperidine rings is 2. The van der Waals surface area contributed by atoms with Crippen molar-refractivity contribution in [1.82, 2.24) is 19.8 Å². The lowest BCUT2D eigenvalue weighted by atomic mass is 9.66. The summed E-state index contributed by atoms with van der Waals surface area (Å²) in [6, 6.07) is -0.292. The summed E-state index contributed by atoms with van der Waals surface area (Å²) >= 11 is 0. The molecule has 4 heterocycles. The summed E-state index contributed by atoms with van der Waals surface area (Å²) in [5.74, 6) is 0.188. The largest absolute Gasteiger partial charge is 0.448 e. The summed E-state index contributed by atoms with van der Waals surface area (Å²) in [6.45, 7) is 8.52. The van der Waals surface area contributed by atoms with Crippen molar-refractivity contribution < 1.29 is 23.9 Å². The third kappa shape index (κ3) is 3.49. The van der Waals surface area contributed by atoms with Crippen LogP contribution in [-0.2, 0) is 14.3 Å². The van der Waals surface area contributed by atoms with Crippen LogP contribution < -0.4 is 11.1 Å². The fourth-order valence-electron chi connectivity index (χ4n) is 6.88. The molecule has 0 spiro atoms. The van der Waals surface area contributed by atoms with E-state index in [1.807, 2.05) is 25.7 Å². The number of ether oxygens (including phenoxy) is 1. The quantitative estimate of drug-likeness (QED) is 0.539. The van der Waals surface area contributed by atoms with E-state index in [1.54, 1.807) is 4.90 Å². The van der Waals surface area contributed by atoms with Gasteiger partial charge in [0.25, 0.3) is 11.8 Å². The Bertz CT molecular complexity index is 1080. The van der Waals surface area contributed by atoms with Crippen LogP contribution in [0.3, 0.4) is 0 Å². The van der Waals surface area contributed by atoms with E-state index in [0.717, 1.165) is 25.7 Å². The number of primary amides is 1. The number of nitrogens with zero attached hydrogens (tertiary/aromatic N) is 3. The number of rotatable bonds is 4. The van der Waals surface area contributed by atoms with Gasteiger partial charge < -0.3 is 25.3 Å². The highest BCUT2D eigenvalue weighted by atomic mass is 16.6. The SMILES string of the molecule is CC12CCC(C(=O)N3CCC(C4CCN(C(=O)Nc5nc[nH]c5C(N)=O)CC4)CC3)(OC1=O)C2(C)C. The van der Waals surface area contributed by atoms with E-state index >= 15 is 0 Å². The zero-order valence-corrected chi connectivity index (χ0v) is 21.3. The maximum Gasteiger partial charge on any atom is 0.323 e. The Morgan fingerprint density at radius 3 is 2.11 bits per heavy atom. The van der Waals surface area contributed by atoms with Crippen molar-refractivity contribution in [3.63, 3.8) is 0 Å². The first kappa shape index (κ1) is 24.6. The normalized spacial score (nSPS) is 30.4. The van der Waals surface area contributed by atoms with Gasteiger partial charge in [0.15, 0.2) is 11.4 Å². The molecule has 4 amide bonds. The summed E-state index contributed by atoms with van der Waals surface area (Å²) in [7, 11) is 0. The van der Waals surface area contributed by atoms with Gasteiger partial charge in [0, 0.05) is 31.6 Å². The Kier molecular flexibility index (Phi) is 5.79. The number of nitrogens with two attached hydrogens (primary N) is 1. The smallest absolute Gasteiger partial charge is 0.323 e. The summed E-state index contributed by atoms with van der Waals surface area (Å²) in [6.07, 6.45) is 6.23. The van der Waals surface area contributed by atoms with Crippen LogP contribution in [0.15, 0.2) is 6.33 Å². The van der Waals surface area contributed by atoms with Crippen molar-refractivity contribution in [2.24, 2.45) is 28.4 Å². The fourth-order valence-corrected chi connectivity index (χ4v) is 6.88. The molecule has 2 bridgehead atoms. The molecule has 3 aliphatic heterocycles. The topological polar surface area (TPSA) is 151 Å². The molecule has 11 heteroatoms. The lowest BCUT2D eigenvalue weighted by Gasteiger charge is -2.43. The molecular weight excluding hydrogens is 464 g/mol. The van der Waals surface area contributed by atoms with Crippen molar-refractivity contribution >= 4 is 29.6 Å². The Labute approximate surface area is 210 Å². The highest BCUT2D eigenvalue weighted by Gasteiger charge is 2.76. The van der Waals surface area contributed by atoms with Gasteiger partial charge in [0.05, 0.1) is 11.7 Å². The van der Waals surface area contributed by atoms with E-state index in [0.29, 0.717) is 50.9 Å². The second-order valence-electron chi connectivity index (χ2n) is 11.5. The first-order chi connectivity index (χ1) is 17.0. The molecule has 4 aliphatic rings. The van der Waals surface area contributed by atoms with Gasteiger partial charge in [-0.25, -0.2) is 9.78 Å². The molecule has 1 saturated carbocycles. The Hall–Kier alpha value is -3.11. The molecule has 0 aromatic carbocycles. The summed E-state index contributed by atoms with van der Waals surface area (Å²) < 4.78 is 5.81. The standard InChI is InChI=1S/C25H36N6O5/c1-23(2)24(3)8-9-25(23,36-21(24)34)20(33)30-10-4-15(5-11-30)16-6-12-31(13-7-16)22(35)29-19-17(18(26)32)27-14-28-19/h14-16H,4-13H2,1-3H3,(H2,26,32)(H,27,28)(H,29,35). The molecule has 0 radical (unpaired) electrons. The van der Waals surface area contributed by atoms with Gasteiger partial charge in [-0.05, 0) is 57.3 Å². The van der Waals surface area contributed by atoms with Crippen molar-refractivity contribution in [2.75, 3.05) is 31.5 Å². The minimum atomic E-state index is -1.03. The molecule has 1 aromatic heterocycles. The van der Waals surface area contributed by atoms with Crippen LogP contribution in [-0.4, -0.2) is 75.4 Å². The molecular formula is C25H36N6O5. The van der Waals surface area contributed by atoms with E-state index in [2.05, 4.69) is 15.3 Å². The van der Waals surface area contributed by atoms with Gasteiger partial charge in [0.2, 0.25) is 0 Å². The lowest BCUT2D eigenvalue weighted by molar-refractivity contribution is -0.175. The van der Waals surface area contributed by atoms with Gasteiger partial charge in [-0.1, -0.05) is 13.8 Å². The number of amides is 4. The number of carbonyl (C=O) groups is 4. The number of likely N-dealkylation sites (tertiary alicyclic amines) is 2. The summed E-state index contributed by atoms with van der Waals surface area (Å²) in [4.78, 5) is 60.6. The highest BCUT2D eigenvalue weighted by Crippen LogP contribution is 2.66. The van der Waals surface area contributed by atoms with Crippen LogP contribution >= 0.6 is 0 Å². The van der Waals surface area contributed by atoms with E-state index in [4.69, 9.17) is 10.5 Å². The highest BCUT2D eigenvalue weighted by molar-refractivity contribution is 6.00. The Morgan fingerprint density at radius 1 is 1.03 bits per heavy atom. The number of anilines is 1. The minimum absolute atomic E-state index is 0.0271. The zero-order valence-electron chi connectivity index (χ0n) is 21.3. The number of aromatic amines is 1. The summed E-state index contributed by atoms with van der Waals surface area (Å²) in [5.41, 5.74) is 3.23. The number of esters is 1. The Morgan fingerprint density at radius 2 is 1.61 bits per heavy atom. The molecule has 4 fully saturated rings. The number of aromatic nitrogens is 2. The average Bonchev–Trinajstić information content (AvgIpc) is 3.45. The molecule has 2 atom stereocenters. The number of hydrogen-bond donors (Lipinski definition) is 3. The number of urea groups is 1. The van der Waals surface area contributed by atoms with Crippen molar-refractivity contribution in [3.05, 3.63) is 12.0 Å². The van der Waals surface area contributed by atoms with Crippen LogP contribution in [0.1, 0.15) is 69.8 Å². The maximum absolute atomic E-state index is 13.6. The number of fused-ring (bicyclic) bond motifs is 2.